The third kappa shape index (κ3) is 6.13. The number of carboxylic acids is 1. The van der Waals surface area contributed by atoms with Crippen LogP contribution < -0.4 is 9.47 Å². The van der Waals surface area contributed by atoms with Crippen molar-refractivity contribution in [2.24, 2.45) is 11.8 Å². The number of carboxylic acid groups (broad SMARTS) is 1. The fraction of sp³-hybridized carbons (Fsp3) is 0.379. The maximum Gasteiger partial charge on any atom is 0.308 e. The summed E-state index contributed by atoms with van der Waals surface area (Å²) in [5.74, 6) is 6.25. The van der Waals surface area contributed by atoms with E-state index in [1.165, 1.54) is 0 Å². The van der Waals surface area contributed by atoms with Gasteiger partial charge in [0.2, 0.25) is 0 Å². The molecule has 0 bridgehead atoms. The van der Waals surface area contributed by atoms with Gasteiger partial charge in [-0.15, -0.1) is 0 Å². The van der Waals surface area contributed by atoms with E-state index in [2.05, 4.69) is 21.7 Å². The van der Waals surface area contributed by atoms with Crippen molar-refractivity contribution in [2.45, 2.75) is 25.4 Å². The first-order chi connectivity index (χ1) is 17.5. The molecule has 1 aliphatic heterocycles. The number of piperidine rings is 1. The number of pyridine rings is 1. The lowest BCUT2D eigenvalue weighted by Crippen LogP contribution is -2.44. The molecule has 6 nitrogen and oxygen atoms in total. The van der Waals surface area contributed by atoms with Crippen LogP contribution >= 0.6 is 0 Å². The number of halogens is 1. The molecule has 1 aliphatic rings. The Kier molecular flexibility index (Phi) is 8.40. The number of nitrogens with zero attached hydrogens (tertiary/aromatic N) is 2. The van der Waals surface area contributed by atoms with Crippen LogP contribution in [-0.2, 0) is 4.79 Å². The summed E-state index contributed by atoms with van der Waals surface area (Å²) in [7, 11) is 3.20. The minimum absolute atomic E-state index is 0.0748. The molecular weight excluding hydrogens is 459 g/mol. The lowest BCUT2D eigenvalue weighted by molar-refractivity contribution is -0.146. The minimum Gasteiger partial charge on any atom is -0.497 e. The first-order valence-corrected chi connectivity index (χ1v) is 12.1. The number of likely N-dealkylation sites (tertiary alicyclic amines) is 1. The SMILES string of the molecule is COc1ccc(C#CCN2CC[C@@H](CC[C@H](F)c3ccnc4ccc(OC)cc34)[C@@H](C(=O)O)C2)cc1. The van der Waals surface area contributed by atoms with Crippen molar-refractivity contribution in [1.82, 2.24) is 9.88 Å². The molecule has 2 heterocycles. The van der Waals surface area contributed by atoms with E-state index < -0.39 is 18.1 Å². The molecule has 0 spiro atoms. The number of alkyl halides is 1. The summed E-state index contributed by atoms with van der Waals surface area (Å²) in [5.41, 5.74) is 2.16. The average molecular weight is 491 g/mol. The Balaban J connectivity index is 1.36. The van der Waals surface area contributed by atoms with Crippen molar-refractivity contribution in [1.29, 1.82) is 0 Å². The van der Waals surface area contributed by atoms with Crippen molar-refractivity contribution in [3.8, 4) is 23.3 Å². The zero-order chi connectivity index (χ0) is 25.5. The van der Waals surface area contributed by atoms with Crippen molar-refractivity contribution < 1.29 is 23.8 Å². The average Bonchev–Trinajstić information content (AvgIpc) is 2.91. The molecule has 0 unspecified atom stereocenters. The third-order valence-electron chi connectivity index (χ3n) is 6.89. The van der Waals surface area contributed by atoms with Crippen LogP contribution in [0.5, 0.6) is 11.5 Å². The Bertz CT molecular complexity index is 1250. The molecular formula is C29H31FN2O4. The highest BCUT2D eigenvalue weighted by Gasteiger charge is 2.34. The molecule has 4 rings (SSSR count). The molecule has 3 atom stereocenters. The summed E-state index contributed by atoms with van der Waals surface area (Å²) >= 11 is 0. The number of aromatic nitrogens is 1. The van der Waals surface area contributed by atoms with Crippen LogP contribution in [-0.4, -0.2) is 54.8 Å². The number of benzene rings is 2. The van der Waals surface area contributed by atoms with E-state index in [0.29, 0.717) is 42.8 Å². The lowest BCUT2D eigenvalue weighted by Gasteiger charge is -2.35. The van der Waals surface area contributed by atoms with Gasteiger partial charge in [0.05, 0.1) is 32.2 Å². The second-order valence-corrected chi connectivity index (χ2v) is 9.09. The minimum atomic E-state index is -1.20. The van der Waals surface area contributed by atoms with Gasteiger partial charge in [0, 0.05) is 23.7 Å². The summed E-state index contributed by atoms with van der Waals surface area (Å²) in [5, 5.41) is 10.6. The molecule has 3 aromatic rings. The Hall–Kier alpha value is -3.63. The number of hydrogen-bond acceptors (Lipinski definition) is 5. The molecule has 1 N–H and O–H groups in total. The van der Waals surface area contributed by atoms with Gasteiger partial charge in [-0.05, 0) is 85.8 Å². The Labute approximate surface area is 211 Å². The topological polar surface area (TPSA) is 71.9 Å². The summed E-state index contributed by atoms with van der Waals surface area (Å²) < 4.78 is 25.8. The van der Waals surface area contributed by atoms with Crippen LogP contribution in [0.1, 0.15) is 36.6 Å². The first kappa shape index (κ1) is 25.5. The molecule has 1 aromatic heterocycles. The summed E-state index contributed by atoms with van der Waals surface area (Å²) in [4.78, 5) is 18.4. The van der Waals surface area contributed by atoms with E-state index in [1.54, 1.807) is 38.6 Å². The number of aliphatic carboxylic acids is 1. The van der Waals surface area contributed by atoms with Crippen molar-refractivity contribution >= 4 is 16.9 Å². The van der Waals surface area contributed by atoms with Gasteiger partial charge in [-0.3, -0.25) is 14.7 Å². The fourth-order valence-corrected chi connectivity index (χ4v) is 4.83. The number of fused-ring (bicyclic) bond motifs is 1. The van der Waals surface area contributed by atoms with Crippen LogP contribution in [0.3, 0.4) is 0 Å². The van der Waals surface area contributed by atoms with E-state index in [-0.39, 0.29) is 12.3 Å². The Morgan fingerprint density at radius 2 is 1.92 bits per heavy atom. The van der Waals surface area contributed by atoms with E-state index in [0.717, 1.165) is 23.2 Å². The summed E-state index contributed by atoms with van der Waals surface area (Å²) in [6, 6.07) is 14.6. The second kappa shape index (κ2) is 11.9. The van der Waals surface area contributed by atoms with Crippen molar-refractivity contribution in [2.75, 3.05) is 33.9 Å². The Morgan fingerprint density at radius 3 is 2.64 bits per heavy atom. The maximum atomic E-state index is 15.4. The normalized spacial score (nSPS) is 18.8. The molecule has 1 fully saturated rings. The highest BCUT2D eigenvalue weighted by atomic mass is 19.1. The third-order valence-corrected chi connectivity index (χ3v) is 6.89. The van der Waals surface area contributed by atoms with Gasteiger partial charge in [-0.1, -0.05) is 11.8 Å². The molecule has 1 saturated heterocycles. The van der Waals surface area contributed by atoms with Gasteiger partial charge in [-0.25, -0.2) is 4.39 Å². The van der Waals surface area contributed by atoms with Gasteiger partial charge in [-0.2, -0.15) is 0 Å². The van der Waals surface area contributed by atoms with Crippen LogP contribution in [0.2, 0.25) is 0 Å². The molecule has 2 aromatic carbocycles. The number of hydrogen-bond donors (Lipinski definition) is 1. The van der Waals surface area contributed by atoms with Gasteiger partial charge >= 0.3 is 5.97 Å². The van der Waals surface area contributed by atoms with Crippen molar-refractivity contribution in [3.05, 3.63) is 65.9 Å². The van der Waals surface area contributed by atoms with E-state index in [4.69, 9.17) is 9.47 Å². The Morgan fingerprint density at radius 1 is 1.17 bits per heavy atom. The molecule has 0 saturated carbocycles. The highest BCUT2D eigenvalue weighted by molar-refractivity contribution is 5.83. The standard InChI is InChI=1S/C29H31FN2O4/c1-35-22-8-5-20(6-9-22)4-3-16-32-17-14-21(26(19-32)29(33)34)7-11-27(30)24-13-15-31-28-12-10-23(36-2)18-25(24)28/h5-6,8-10,12-13,15,18,21,26-27H,7,11,14,16-17,19H2,1-2H3,(H,33,34)/t21-,26+,27+/m1/s1. The summed E-state index contributed by atoms with van der Waals surface area (Å²) in [6.45, 7) is 1.67. The number of rotatable bonds is 8. The maximum absolute atomic E-state index is 15.4. The van der Waals surface area contributed by atoms with E-state index in [9.17, 15) is 9.90 Å². The molecule has 0 aliphatic carbocycles. The lowest BCUT2D eigenvalue weighted by atomic mass is 9.81. The number of methoxy groups -OCH3 is 2. The molecule has 0 radical (unpaired) electrons. The molecule has 7 heteroatoms. The fourth-order valence-electron chi connectivity index (χ4n) is 4.83. The second-order valence-electron chi connectivity index (χ2n) is 9.09. The predicted molar refractivity (Wildman–Crippen MR) is 137 cm³/mol. The summed E-state index contributed by atoms with van der Waals surface area (Å²) in [6.07, 6.45) is 1.89. The monoisotopic (exact) mass is 490 g/mol. The molecule has 188 valence electrons. The first-order valence-electron chi connectivity index (χ1n) is 12.1. The van der Waals surface area contributed by atoms with Crippen molar-refractivity contribution in [3.63, 3.8) is 0 Å². The van der Waals surface area contributed by atoms with Gasteiger partial charge < -0.3 is 14.6 Å². The van der Waals surface area contributed by atoms with Crippen LogP contribution in [0.4, 0.5) is 4.39 Å². The highest BCUT2D eigenvalue weighted by Crippen LogP contribution is 2.35. The van der Waals surface area contributed by atoms with Gasteiger partial charge in [0.1, 0.15) is 17.7 Å². The smallest absolute Gasteiger partial charge is 0.308 e. The van der Waals surface area contributed by atoms with Crippen LogP contribution in [0.25, 0.3) is 10.9 Å². The van der Waals surface area contributed by atoms with Gasteiger partial charge in [0.15, 0.2) is 0 Å². The predicted octanol–water partition coefficient (Wildman–Crippen LogP) is 5.12. The zero-order valence-electron chi connectivity index (χ0n) is 20.6. The largest absolute Gasteiger partial charge is 0.497 e. The molecule has 0 amide bonds. The van der Waals surface area contributed by atoms with E-state index in [1.807, 2.05) is 30.3 Å². The van der Waals surface area contributed by atoms with E-state index >= 15 is 4.39 Å². The number of carbonyl (C=O) groups is 1. The number of ether oxygens (including phenoxy) is 2. The zero-order valence-corrected chi connectivity index (χ0v) is 20.6. The van der Waals surface area contributed by atoms with Crippen LogP contribution in [0, 0.1) is 23.7 Å². The van der Waals surface area contributed by atoms with Crippen LogP contribution in [0.15, 0.2) is 54.7 Å². The quantitative estimate of drug-likeness (QED) is 0.442. The molecule has 36 heavy (non-hydrogen) atoms. The van der Waals surface area contributed by atoms with Gasteiger partial charge in [0.25, 0.3) is 0 Å².